The monoisotopic (exact) mass is 214 g/mol. The highest BCUT2D eigenvalue weighted by Crippen LogP contribution is 2.01. The van der Waals surface area contributed by atoms with E-state index < -0.39 is 12.0 Å². The van der Waals surface area contributed by atoms with Gasteiger partial charge in [-0.15, -0.1) is 0 Å². The van der Waals surface area contributed by atoms with Crippen molar-refractivity contribution >= 4 is 5.91 Å². The van der Waals surface area contributed by atoms with Crippen molar-refractivity contribution in [2.75, 3.05) is 19.6 Å². The van der Waals surface area contributed by atoms with E-state index in [0.29, 0.717) is 18.5 Å². The van der Waals surface area contributed by atoms with Gasteiger partial charge in [-0.3, -0.25) is 4.79 Å². The van der Waals surface area contributed by atoms with Crippen LogP contribution in [0.3, 0.4) is 0 Å². The van der Waals surface area contributed by atoms with Gasteiger partial charge in [0, 0.05) is 12.1 Å². The fourth-order valence-corrected chi connectivity index (χ4v) is 1.27. The van der Waals surface area contributed by atoms with Crippen LogP contribution in [0.15, 0.2) is 11.6 Å². The number of carbonyl (C=O) groups is 1. The van der Waals surface area contributed by atoms with Crippen molar-refractivity contribution < 1.29 is 9.90 Å². The van der Waals surface area contributed by atoms with Gasteiger partial charge < -0.3 is 15.7 Å². The maximum Gasteiger partial charge on any atom is 0.244 e. The summed E-state index contributed by atoms with van der Waals surface area (Å²) in [5, 5.41) is 9.67. The van der Waals surface area contributed by atoms with E-state index in [1.165, 1.54) is 0 Å². The molecule has 0 aliphatic rings. The molecular formula is C11H22N2O2. The smallest absolute Gasteiger partial charge is 0.244 e. The Morgan fingerprint density at radius 2 is 2.00 bits per heavy atom. The van der Waals surface area contributed by atoms with Gasteiger partial charge in [-0.05, 0) is 26.4 Å². The van der Waals surface area contributed by atoms with Crippen LogP contribution in [-0.4, -0.2) is 41.7 Å². The quantitative estimate of drug-likeness (QED) is 0.607. The number of likely N-dealkylation sites (N-methyl/N-ethyl adjacent to an activating group) is 1. The van der Waals surface area contributed by atoms with E-state index in [-0.39, 0.29) is 0 Å². The molecular weight excluding hydrogens is 192 g/mol. The Kier molecular flexibility index (Phi) is 6.99. The summed E-state index contributed by atoms with van der Waals surface area (Å²) in [5.74, 6) is -0.426. The summed E-state index contributed by atoms with van der Waals surface area (Å²) in [5.41, 5.74) is 5.58. The van der Waals surface area contributed by atoms with Gasteiger partial charge in [0.2, 0.25) is 5.91 Å². The predicted molar refractivity (Wildman–Crippen MR) is 61.4 cm³/mol. The van der Waals surface area contributed by atoms with Crippen molar-refractivity contribution in [3.63, 3.8) is 0 Å². The molecule has 0 aromatic rings. The van der Waals surface area contributed by atoms with Crippen LogP contribution in [0.1, 0.15) is 27.2 Å². The van der Waals surface area contributed by atoms with Gasteiger partial charge in [0.15, 0.2) is 0 Å². The predicted octanol–water partition coefficient (Wildman–Crippen LogP) is 0.511. The van der Waals surface area contributed by atoms with Crippen LogP contribution in [0.4, 0.5) is 0 Å². The summed E-state index contributed by atoms with van der Waals surface area (Å²) in [6, 6.07) is 0. The number of aliphatic hydroxyl groups is 1. The second kappa shape index (κ2) is 7.43. The van der Waals surface area contributed by atoms with Crippen molar-refractivity contribution in [3.8, 4) is 0 Å². The van der Waals surface area contributed by atoms with Crippen molar-refractivity contribution in [1.82, 2.24) is 4.90 Å². The lowest BCUT2D eigenvalue weighted by Crippen LogP contribution is -2.32. The maximum absolute atomic E-state index is 10.7. The van der Waals surface area contributed by atoms with Gasteiger partial charge >= 0.3 is 0 Å². The number of aliphatic hydroxyl groups excluding tert-OH is 1. The molecule has 0 aliphatic heterocycles. The Bertz CT molecular complexity index is 223. The van der Waals surface area contributed by atoms with E-state index in [1.54, 1.807) is 13.0 Å². The zero-order chi connectivity index (χ0) is 11.8. The normalized spacial score (nSPS) is 14.3. The number of amides is 1. The first-order valence-electron chi connectivity index (χ1n) is 5.38. The molecule has 0 fully saturated rings. The first kappa shape index (κ1) is 14.1. The van der Waals surface area contributed by atoms with Crippen molar-refractivity contribution in [3.05, 3.63) is 11.6 Å². The van der Waals surface area contributed by atoms with Crippen LogP contribution in [0.2, 0.25) is 0 Å². The van der Waals surface area contributed by atoms with Crippen molar-refractivity contribution in [1.29, 1.82) is 0 Å². The third kappa shape index (κ3) is 6.25. The summed E-state index contributed by atoms with van der Waals surface area (Å²) in [6.45, 7) is 8.25. The Morgan fingerprint density at radius 3 is 2.40 bits per heavy atom. The molecule has 4 heteroatoms. The Hall–Kier alpha value is -0.870. The molecule has 0 heterocycles. The molecule has 0 bridgehead atoms. The van der Waals surface area contributed by atoms with Crippen molar-refractivity contribution in [2.24, 2.45) is 5.73 Å². The van der Waals surface area contributed by atoms with Gasteiger partial charge in [-0.1, -0.05) is 19.9 Å². The lowest BCUT2D eigenvalue weighted by atomic mass is 10.1. The molecule has 1 unspecified atom stereocenters. The number of nitrogens with zero attached hydrogens (tertiary/aromatic N) is 1. The number of nitrogens with two attached hydrogens (primary N) is 1. The molecule has 15 heavy (non-hydrogen) atoms. The number of hydrogen-bond acceptors (Lipinski definition) is 3. The molecule has 0 spiro atoms. The SMILES string of the molecule is CCN(CC)CC(O)C/C=C(\C)C(N)=O. The van der Waals surface area contributed by atoms with Crippen LogP contribution in [-0.2, 0) is 4.79 Å². The largest absolute Gasteiger partial charge is 0.391 e. The van der Waals surface area contributed by atoms with E-state index in [4.69, 9.17) is 5.73 Å². The molecule has 88 valence electrons. The van der Waals surface area contributed by atoms with Gasteiger partial charge in [-0.2, -0.15) is 0 Å². The molecule has 0 saturated heterocycles. The fourth-order valence-electron chi connectivity index (χ4n) is 1.27. The molecule has 1 atom stereocenters. The average molecular weight is 214 g/mol. The third-order valence-electron chi connectivity index (χ3n) is 2.45. The van der Waals surface area contributed by atoms with Gasteiger partial charge in [0.1, 0.15) is 0 Å². The van der Waals surface area contributed by atoms with Gasteiger partial charge in [0.05, 0.1) is 6.10 Å². The number of primary amides is 1. The summed E-state index contributed by atoms with van der Waals surface area (Å²) in [6.07, 6.45) is 1.74. The first-order valence-corrected chi connectivity index (χ1v) is 5.38. The second-order valence-electron chi connectivity index (χ2n) is 3.63. The molecule has 3 N–H and O–H groups in total. The minimum Gasteiger partial charge on any atom is -0.391 e. The second-order valence-corrected chi connectivity index (χ2v) is 3.63. The van der Waals surface area contributed by atoms with Crippen LogP contribution < -0.4 is 5.73 Å². The maximum atomic E-state index is 10.7. The summed E-state index contributed by atoms with van der Waals surface area (Å²) >= 11 is 0. The summed E-state index contributed by atoms with van der Waals surface area (Å²) in [7, 11) is 0. The minimum atomic E-state index is -0.431. The van der Waals surface area contributed by atoms with Gasteiger partial charge in [-0.25, -0.2) is 0 Å². The van der Waals surface area contributed by atoms with E-state index in [2.05, 4.69) is 18.7 Å². The van der Waals surface area contributed by atoms with Crippen LogP contribution in [0.5, 0.6) is 0 Å². The van der Waals surface area contributed by atoms with E-state index in [0.717, 1.165) is 13.1 Å². The van der Waals surface area contributed by atoms with E-state index in [9.17, 15) is 9.90 Å². The molecule has 0 aromatic heterocycles. The Balaban J connectivity index is 3.98. The van der Waals surface area contributed by atoms with Crippen LogP contribution in [0.25, 0.3) is 0 Å². The average Bonchev–Trinajstić information content (AvgIpc) is 2.22. The molecule has 0 rings (SSSR count). The molecule has 4 nitrogen and oxygen atoms in total. The number of rotatable bonds is 7. The minimum absolute atomic E-state index is 0.426. The van der Waals surface area contributed by atoms with Crippen LogP contribution in [0, 0.1) is 0 Å². The highest BCUT2D eigenvalue weighted by atomic mass is 16.3. The first-order chi connectivity index (χ1) is 7.01. The fraction of sp³-hybridized carbons (Fsp3) is 0.727. The number of hydrogen-bond donors (Lipinski definition) is 2. The topological polar surface area (TPSA) is 66.6 Å². The molecule has 1 amide bonds. The number of carbonyl (C=O) groups excluding carboxylic acids is 1. The highest BCUT2D eigenvalue weighted by molar-refractivity contribution is 5.91. The lowest BCUT2D eigenvalue weighted by Gasteiger charge is -2.21. The summed E-state index contributed by atoms with van der Waals surface area (Å²) < 4.78 is 0. The Labute approximate surface area is 91.8 Å². The van der Waals surface area contributed by atoms with Crippen LogP contribution >= 0.6 is 0 Å². The Morgan fingerprint density at radius 1 is 1.47 bits per heavy atom. The highest BCUT2D eigenvalue weighted by Gasteiger charge is 2.07. The standard InChI is InChI=1S/C11H22N2O2/c1-4-13(5-2)8-10(14)7-6-9(3)11(12)15/h6,10,14H,4-5,7-8H2,1-3H3,(H2,12,15)/b9-6+. The molecule has 0 aromatic carbocycles. The lowest BCUT2D eigenvalue weighted by molar-refractivity contribution is -0.114. The van der Waals surface area contributed by atoms with E-state index >= 15 is 0 Å². The molecule has 0 radical (unpaired) electrons. The zero-order valence-electron chi connectivity index (χ0n) is 9.86. The van der Waals surface area contributed by atoms with E-state index in [1.807, 2.05) is 0 Å². The van der Waals surface area contributed by atoms with Gasteiger partial charge in [0.25, 0.3) is 0 Å². The molecule has 0 saturated carbocycles. The zero-order valence-corrected chi connectivity index (χ0v) is 9.86. The third-order valence-corrected chi connectivity index (χ3v) is 2.45. The van der Waals surface area contributed by atoms with Crippen molar-refractivity contribution in [2.45, 2.75) is 33.3 Å². The molecule has 0 aliphatic carbocycles. The summed E-state index contributed by atoms with van der Waals surface area (Å²) in [4.78, 5) is 12.8.